The Kier molecular flexibility index (Phi) is 4.33. The van der Waals surface area contributed by atoms with Crippen LogP contribution in [-0.4, -0.2) is 37.6 Å². The molecule has 0 radical (unpaired) electrons. The number of nitrogens with zero attached hydrogens (tertiary/aromatic N) is 5. The Morgan fingerprint density at radius 2 is 2.23 bits per heavy atom. The molecule has 7 heteroatoms. The summed E-state index contributed by atoms with van der Waals surface area (Å²) in [4.78, 5) is 15.9. The fourth-order valence-corrected chi connectivity index (χ4v) is 2.96. The third-order valence-electron chi connectivity index (χ3n) is 4.17. The van der Waals surface area contributed by atoms with Crippen molar-refractivity contribution < 1.29 is 0 Å². The second-order valence-corrected chi connectivity index (χ2v) is 5.92. The molecule has 0 amide bonds. The zero-order chi connectivity index (χ0) is 15.5. The summed E-state index contributed by atoms with van der Waals surface area (Å²) in [6, 6.07) is 1.92. The Hall–Kier alpha value is -2.02. The van der Waals surface area contributed by atoms with Crippen LogP contribution in [0.25, 0.3) is 0 Å². The van der Waals surface area contributed by atoms with E-state index in [4.69, 9.17) is 0 Å². The Balaban J connectivity index is 1.67. The van der Waals surface area contributed by atoms with E-state index < -0.39 is 0 Å². The van der Waals surface area contributed by atoms with Gasteiger partial charge in [0.05, 0.1) is 12.2 Å². The van der Waals surface area contributed by atoms with Crippen LogP contribution in [0.4, 0.5) is 0 Å². The van der Waals surface area contributed by atoms with Crippen LogP contribution >= 0.6 is 0 Å². The molecule has 1 fully saturated rings. The second-order valence-electron chi connectivity index (χ2n) is 5.92. The Morgan fingerprint density at radius 3 is 2.95 bits per heavy atom. The SMILES string of the molecule is Cc1cc(C)n(CCn2cc([C@H]3CCCNC3)nn2)c(=O)n1. The molecule has 0 aromatic carbocycles. The van der Waals surface area contributed by atoms with Crippen molar-refractivity contribution in [3.05, 3.63) is 39.8 Å². The largest absolute Gasteiger partial charge is 0.348 e. The van der Waals surface area contributed by atoms with Gasteiger partial charge in [0.1, 0.15) is 0 Å². The van der Waals surface area contributed by atoms with Gasteiger partial charge in [0.25, 0.3) is 0 Å². The van der Waals surface area contributed by atoms with E-state index in [-0.39, 0.29) is 5.69 Å². The van der Waals surface area contributed by atoms with E-state index >= 15 is 0 Å². The standard InChI is InChI=1S/C15H22N6O/c1-11-8-12(2)21(15(22)17-11)7-6-20-10-14(18-19-20)13-4-3-5-16-9-13/h8,10,13,16H,3-7,9H2,1-2H3/t13-/m0/s1. The average molecular weight is 302 g/mol. The maximum Gasteiger partial charge on any atom is 0.348 e. The van der Waals surface area contributed by atoms with E-state index in [2.05, 4.69) is 20.6 Å². The molecule has 22 heavy (non-hydrogen) atoms. The van der Waals surface area contributed by atoms with Crippen molar-refractivity contribution in [3.8, 4) is 0 Å². The Bertz CT molecular complexity index is 698. The normalized spacial score (nSPS) is 18.5. The maximum absolute atomic E-state index is 11.9. The molecule has 118 valence electrons. The van der Waals surface area contributed by atoms with Crippen LogP contribution in [0.1, 0.15) is 35.8 Å². The van der Waals surface area contributed by atoms with Gasteiger partial charge >= 0.3 is 5.69 Å². The zero-order valence-corrected chi connectivity index (χ0v) is 13.1. The number of nitrogens with one attached hydrogen (secondary N) is 1. The molecule has 0 aliphatic carbocycles. The van der Waals surface area contributed by atoms with Crippen LogP contribution in [-0.2, 0) is 13.1 Å². The zero-order valence-electron chi connectivity index (χ0n) is 13.1. The lowest BCUT2D eigenvalue weighted by Gasteiger charge is -2.20. The van der Waals surface area contributed by atoms with Crippen molar-refractivity contribution in [3.63, 3.8) is 0 Å². The number of hydrogen-bond donors (Lipinski definition) is 1. The van der Waals surface area contributed by atoms with Gasteiger partial charge in [-0.2, -0.15) is 4.98 Å². The van der Waals surface area contributed by atoms with Crippen LogP contribution in [0.5, 0.6) is 0 Å². The highest BCUT2D eigenvalue weighted by atomic mass is 16.1. The molecule has 1 aliphatic heterocycles. The summed E-state index contributed by atoms with van der Waals surface area (Å²) in [6.45, 7) is 7.01. The van der Waals surface area contributed by atoms with Gasteiger partial charge in [0, 0.05) is 36.6 Å². The molecule has 3 heterocycles. The Morgan fingerprint density at radius 1 is 1.36 bits per heavy atom. The van der Waals surface area contributed by atoms with Gasteiger partial charge < -0.3 is 5.32 Å². The van der Waals surface area contributed by atoms with Gasteiger partial charge in [-0.25, -0.2) is 4.79 Å². The fraction of sp³-hybridized carbons (Fsp3) is 0.600. The first-order valence-corrected chi connectivity index (χ1v) is 7.79. The van der Waals surface area contributed by atoms with Crippen molar-refractivity contribution in [2.24, 2.45) is 0 Å². The van der Waals surface area contributed by atoms with E-state index in [0.29, 0.717) is 19.0 Å². The average Bonchev–Trinajstić information content (AvgIpc) is 2.96. The first kappa shape index (κ1) is 14.9. The van der Waals surface area contributed by atoms with Crippen molar-refractivity contribution in [1.82, 2.24) is 29.9 Å². The van der Waals surface area contributed by atoms with Gasteiger partial charge in [-0.05, 0) is 39.3 Å². The van der Waals surface area contributed by atoms with Gasteiger partial charge in [-0.1, -0.05) is 5.21 Å². The van der Waals surface area contributed by atoms with E-state index in [9.17, 15) is 4.79 Å². The van der Waals surface area contributed by atoms with Crippen molar-refractivity contribution >= 4 is 0 Å². The van der Waals surface area contributed by atoms with Gasteiger partial charge in [0.2, 0.25) is 0 Å². The van der Waals surface area contributed by atoms with E-state index in [1.165, 1.54) is 6.42 Å². The fourth-order valence-electron chi connectivity index (χ4n) is 2.96. The predicted octanol–water partition coefficient (Wildman–Crippen LogP) is 0.619. The van der Waals surface area contributed by atoms with Crippen LogP contribution in [0, 0.1) is 13.8 Å². The summed E-state index contributed by atoms with van der Waals surface area (Å²) in [5.41, 5.74) is 2.52. The molecule has 0 saturated carbocycles. The van der Waals surface area contributed by atoms with Crippen LogP contribution in [0.15, 0.2) is 17.1 Å². The molecule has 1 atom stereocenters. The molecular weight excluding hydrogens is 280 g/mol. The molecule has 3 rings (SSSR count). The molecule has 2 aromatic rings. The lowest BCUT2D eigenvalue weighted by molar-refractivity contribution is 0.454. The minimum atomic E-state index is -0.200. The third-order valence-corrected chi connectivity index (χ3v) is 4.17. The summed E-state index contributed by atoms with van der Waals surface area (Å²) in [5.74, 6) is 0.452. The summed E-state index contributed by atoms with van der Waals surface area (Å²) in [7, 11) is 0. The predicted molar refractivity (Wildman–Crippen MR) is 82.8 cm³/mol. The Labute approximate surface area is 129 Å². The quantitative estimate of drug-likeness (QED) is 0.896. The number of aryl methyl sites for hydroxylation is 3. The first-order chi connectivity index (χ1) is 10.6. The number of rotatable bonds is 4. The summed E-state index contributed by atoms with van der Waals surface area (Å²) < 4.78 is 3.49. The lowest BCUT2D eigenvalue weighted by atomic mass is 9.97. The maximum atomic E-state index is 11.9. The molecule has 1 aliphatic rings. The lowest BCUT2D eigenvalue weighted by Crippen LogP contribution is -2.28. The van der Waals surface area contributed by atoms with Gasteiger partial charge in [0.15, 0.2) is 0 Å². The highest BCUT2D eigenvalue weighted by Crippen LogP contribution is 2.20. The van der Waals surface area contributed by atoms with Crippen LogP contribution in [0.2, 0.25) is 0 Å². The third kappa shape index (κ3) is 3.24. The molecule has 0 spiro atoms. The smallest absolute Gasteiger partial charge is 0.316 e. The molecule has 7 nitrogen and oxygen atoms in total. The number of hydrogen-bond acceptors (Lipinski definition) is 5. The number of piperidine rings is 1. The molecular formula is C15H22N6O. The van der Waals surface area contributed by atoms with E-state index in [1.54, 1.807) is 4.57 Å². The number of aromatic nitrogens is 5. The first-order valence-electron chi connectivity index (χ1n) is 7.79. The minimum Gasteiger partial charge on any atom is -0.316 e. The van der Waals surface area contributed by atoms with Gasteiger partial charge in [-0.15, -0.1) is 5.10 Å². The topological polar surface area (TPSA) is 77.6 Å². The summed E-state index contributed by atoms with van der Waals surface area (Å²) >= 11 is 0. The summed E-state index contributed by atoms with van der Waals surface area (Å²) in [6.07, 6.45) is 4.34. The van der Waals surface area contributed by atoms with Crippen molar-refractivity contribution in [2.75, 3.05) is 13.1 Å². The minimum absolute atomic E-state index is 0.200. The molecule has 0 unspecified atom stereocenters. The van der Waals surface area contributed by atoms with Crippen molar-refractivity contribution in [2.45, 2.75) is 45.7 Å². The van der Waals surface area contributed by atoms with E-state index in [1.807, 2.05) is 30.8 Å². The van der Waals surface area contributed by atoms with Crippen LogP contribution < -0.4 is 11.0 Å². The molecule has 1 saturated heterocycles. The second kappa shape index (κ2) is 6.39. The molecule has 2 aromatic heterocycles. The monoisotopic (exact) mass is 302 g/mol. The molecule has 1 N–H and O–H groups in total. The molecule has 0 bridgehead atoms. The van der Waals surface area contributed by atoms with Crippen molar-refractivity contribution in [1.29, 1.82) is 0 Å². The van der Waals surface area contributed by atoms with Gasteiger partial charge in [-0.3, -0.25) is 9.25 Å². The highest BCUT2D eigenvalue weighted by Gasteiger charge is 2.18. The summed E-state index contributed by atoms with van der Waals surface area (Å²) in [5, 5.41) is 11.9. The van der Waals surface area contributed by atoms with Crippen LogP contribution in [0.3, 0.4) is 0 Å². The van der Waals surface area contributed by atoms with E-state index in [0.717, 1.165) is 36.6 Å². The highest BCUT2D eigenvalue weighted by molar-refractivity contribution is 5.07.